The molecule has 0 radical (unpaired) electrons. The van der Waals surface area contributed by atoms with Crippen molar-refractivity contribution in [3.05, 3.63) is 4.91 Å². The number of hydrogen-bond donors (Lipinski definition) is 2. The molecule has 0 aromatic rings. The second-order valence-electron chi connectivity index (χ2n) is 3.80. The fourth-order valence-electron chi connectivity index (χ4n) is 1.77. The summed E-state index contributed by atoms with van der Waals surface area (Å²) in [5.74, 6) is 0.145. The minimum absolute atomic E-state index is 0.0692. The number of carbonyl (C=O) groups is 1. The first-order chi connectivity index (χ1) is 7.69. The summed E-state index contributed by atoms with van der Waals surface area (Å²) in [6.07, 6.45) is 2.79. The summed E-state index contributed by atoms with van der Waals surface area (Å²) in [5.41, 5.74) is 0. The van der Waals surface area contributed by atoms with Gasteiger partial charge < -0.3 is 10.4 Å². The Bertz CT molecular complexity index is 252. The Kier molecular flexibility index (Phi) is 5.48. The van der Waals surface area contributed by atoms with Crippen LogP contribution < -0.4 is 5.32 Å². The Labute approximate surface area is 98.9 Å². The molecule has 0 unspecified atom stereocenters. The Morgan fingerprint density at radius 3 is 2.75 bits per heavy atom. The number of alkyl halides is 1. The molecule has 1 rings (SSSR count). The van der Waals surface area contributed by atoms with Gasteiger partial charge in [0.25, 0.3) is 0 Å². The van der Waals surface area contributed by atoms with E-state index in [1.54, 1.807) is 0 Å². The smallest absolute Gasteiger partial charge is 0.340 e. The molecule has 0 heterocycles. The van der Waals surface area contributed by atoms with Crippen LogP contribution in [0.2, 0.25) is 0 Å². The third kappa shape index (κ3) is 3.61. The van der Waals surface area contributed by atoms with E-state index in [1.165, 1.54) is 0 Å². The highest BCUT2D eigenvalue weighted by Crippen LogP contribution is 2.18. The van der Waals surface area contributed by atoms with Crippen LogP contribution in [0.15, 0.2) is 5.29 Å². The molecule has 1 saturated carbocycles. The van der Waals surface area contributed by atoms with Crippen LogP contribution in [0, 0.1) is 4.91 Å². The molecule has 0 aliphatic heterocycles. The van der Waals surface area contributed by atoms with Crippen molar-refractivity contribution in [1.29, 1.82) is 0 Å². The molecule has 2 N–H and O–H groups in total. The summed E-state index contributed by atoms with van der Waals surface area (Å²) in [5, 5.41) is 15.5. The van der Waals surface area contributed by atoms with Gasteiger partial charge in [-0.3, -0.25) is 0 Å². The van der Waals surface area contributed by atoms with E-state index in [4.69, 9.17) is 11.6 Å². The average molecular weight is 250 g/mol. The molecule has 0 bridgehead atoms. The van der Waals surface area contributed by atoms with Gasteiger partial charge in [0.05, 0.1) is 24.0 Å². The third-order valence-corrected chi connectivity index (χ3v) is 2.84. The zero-order chi connectivity index (χ0) is 12.0. The minimum Gasteiger partial charge on any atom is -0.391 e. The molecule has 0 spiro atoms. The van der Waals surface area contributed by atoms with Gasteiger partial charge in [-0.15, -0.1) is 16.5 Å². The van der Waals surface area contributed by atoms with Crippen LogP contribution in [-0.4, -0.2) is 40.7 Å². The lowest BCUT2D eigenvalue weighted by molar-refractivity contribution is 0.0901. The summed E-state index contributed by atoms with van der Waals surface area (Å²) in [6.45, 7) is 0.0692. The van der Waals surface area contributed by atoms with Gasteiger partial charge in [-0.2, -0.15) is 5.01 Å². The van der Waals surface area contributed by atoms with Crippen molar-refractivity contribution >= 4 is 17.6 Å². The Balaban J connectivity index is 2.44. The normalized spacial score (nSPS) is 24.9. The predicted molar refractivity (Wildman–Crippen MR) is 60.0 cm³/mol. The van der Waals surface area contributed by atoms with Crippen LogP contribution >= 0.6 is 11.6 Å². The highest BCUT2D eigenvalue weighted by atomic mass is 35.5. The molecule has 1 aliphatic carbocycles. The molecule has 7 heteroatoms. The maximum Gasteiger partial charge on any atom is 0.340 e. The van der Waals surface area contributed by atoms with Gasteiger partial charge in [-0.05, 0) is 12.8 Å². The Morgan fingerprint density at radius 1 is 1.50 bits per heavy atom. The maximum absolute atomic E-state index is 11.5. The van der Waals surface area contributed by atoms with Crippen LogP contribution in [0.4, 0.5) is 4.79 Å². The van der Waals surface area contributed by atoms with Crippen molar-refractivity contribution < 1.29 is 9.90 Å². The molecule has 0 aromatic carbocycles. The van der Waals surface area contributed by atoms with Crippen molar-refractivity contribution in [3.8, 4) is 0 Å². The van der Waals surface area contributed by atoms with Gasteiger partial charge in [0, 0.05) is 5.88 Å². The molecule has 16 heavy (non-hydrogen) atoms. The number of nitrogens with one attached hydrogen (secondary N) is 1. The van der Waals surface area contributed by atoms with E-state index in [2.05, 4.69) is 10.6 Å². The second kappa shape index (κ2) is 6.65. The standard InChI is InChI=1S/C9H16ClN3O3/c10-5-6-13(12-16)9(15)11-7-3-1-2-4-8(7)14/h7-8,14H,1-6H2,(H,11,15)/t7-,8+/m0/s1. The highest BCUT2D eigenvalue weighted by Gasteiger charge is 2.26. The van der Waals surface area contributed by atoms with Crippen LogP contribution in [0.3, 0.4) is 0 Å². The van der Waals surface area contributed by atoms with E-state index < -0.39 is 12.1 Å². The van der Waals surface area contributed by atoms with Gasteiger partial charge in [0.2, 0.25) is 0 Å². The van der Waals surface area contributed by atoms with Crippen molar-refractivity contribution in [3.63, 3.8) is 0 Å². The second-order valence-corrected chi connectivity index (χ2v) is 4.18. The summed E-state index contributed by atoms with van der Waals surface area (Å²) in [4.78, 5) is 21.9. The van der Waals surface area contributed by atoms with Crippen molar-refractivity contribution in [2.24, 2.45) is 5.29 Å². The minimum atomic E-state index is -0.596. The third-order valence-electron chi connectivity index (χ3n) is 2.67. The van der Waals surface area contributed by atoms with E-state index in [-0.39, 0.29) is 18.5 Å². The number of aliphatic hydroxyl groups is 1. The molecule has 2 atom stereocenters. The number of rotatable bonds is 4. The fourth-order valence-corrected chi connectivity index (χ4v) is 1.93. The molecule has 1 aliphatic rings. The zero-order valence-corrected chi connectivity index (χ0v) is 9.69. The quantitative estimate of drug-likeness (QED) is 0.447. The lowest BCUT2D eigenvalue weighted by atomic mass is 9.93. The van der Waals surface area contributed by atoms with Crippen molar-refractivity contribution in [1.82, 2.24) is 10.3 Å². The lowest BCUT2D eigenvalue weighted by Gasteiger charge is -2.29. The van der Waals surface area contributed by atoms with E-state index in [0.29, 0.717) is 6.42 Å². The molecule has 0 saturated heterocycles. The number of urea groups is 1. The predicted octanol–water partition coefficient (Wildman–Crippen LogP) is 1.22. The summed E-state index contributed by atoms with van der Waals surface area (Å²) in [6, 6.07) is -0.887. The number of hydrogen-bond acceptors (Lipinski definition) is 4. The number of nitrogens with zero attached hydrogens (tertiary/aromatic N) is 2. The van der Waals surface area contributed by atoms with Crippen molar-refractivity contribution in [2.75, 3.05) is 12.4 Å². The van der Waals surface area contributed by atoms with Crippen molar-refractivity contribution in [2.45, 2.75) is 37.8 Å². The Morgan fingerprint density at radius 2 is 2.19 bits per heavy atom. The lowest BCUT2D eigenvalue weighted by Crippen LogP contribution is -2.49. The first kappa shape index (κ1) is 13.2. The van der Waals surface area contributed by atoms with Gasteiger partial charge in [0.15, 0.2) is 0 Å². The highest BCUT2D eigenvalue weighted by molar-refractivity contribution is 6.18. The van der Waals surface area contributed by atoms with Crippen LogP contribution in [0.25, 0.3) is 0 Å². The zero-order valence-electron chi connectivity index (χ0n) is 8.93. The fraction of sp³-hybridized carbons (Fsp3) is 0.889. The van der Waals surface area contributed by atoms with E-state index in [1.807, 2.05) is 0 Å². The largest absolute Gasteiger partial charge is 0.391 e. The molecular weight excluding hydrogens is 234 g/mol. The number of amides is 2. The summed E-state index contributed by atoms with van der Waals surface area (Å²) >= 11 is 5.42. The summed E-state index contributed by atoms with van der Waals surface area (Å²) < 4.78 is 0. The van der Waals surface area contributed by atoms with Crippen LogP contribution in [0.5, 0.6) is 0 Å². The van der Waals surface area contributed by atoms with E-state index in [9.17, 15) is 14.8 Å². The van der Waals surface area contributed by atoms with E-state index >= 15 is 0 Å². The Hall–Kier alpha value is -0.880. The van der Waals surface area contributed by atoms with Gasteiger partial charge >= 0.3 is 6.03 Å². The van der Waals surface area contributed by atoms with E-state index in [0.717, 1.165) is 24.3 Å². The molecule has 0 aromatic heterocycles. The van der Waals surface area contributed by atoms with Gasteiger partial charge in [-0.1, -0.05) is 12.8 Å². The number of aliphatic hydroxyl groups excluding tert-OH is 1. The molecule has 1 fully saturated rings. The molecule has 2 amide bonds. The topological polar surface area (TPSA) is 82.0 Å². The molecule has 92 valence electrons. The monoisotopic (exact) mass is 249 g/mol. The maximum atomic E-state index is 11.5. The molecular formula is C9H16ClN3O3. The number of nitroso groups, excluding NO2 is 1. The summed E-state index contributed by atoms with van der Waals surface area (Å²) in [7, 11) is 0. The number of carbonyl (C=O) groups excluding carboxylic acids is 1. The van der Waals surface area contributed by atoms with Gasteiger partial charge in [0.1, 0.15) is 0 Å². The molecule has 6 nitrogen and oxygen atoms in total. The van der Waals surface area contributed by atoms with Crippen LogP contribution in [0.1, 0.15) is 25.7 Å². The average Bonchev–Trinajstić information content (AvgIpc) is 2.29. The SMILES string of the molecule is O=NN(CCCl)C(=O)N[C@H]1CCCC[C@H]1O. The first-order valence-corrected chi connectivity index (χ1v) is 5.88. The van der Waals surface area contributed by atoms with Gasteiger partial charge in [-0.25, -0.2) is 4.79 Å². The first-order valence-electron chi connectivity index (χ1n) is 5.34. The number of halogens is 1. The van der Waals surface area contributed by atoms with Crippen LogP contribution in [-0.2, 0) is 0 Å².